The van der Waals surface area contributed by atoms with Crippen LogP contribution in [0.1, 0.15) is 31.7 Å². The van der Waals surface area contributed by atoms with E-state index < -0.39 is 11.7 Å². The second-order valence-electron chi connectivity index (χ2n) is 3.49. The summed E-state index contributed by atoms with van der Waals surface area (Å²) >= 11 is 0. The Morgan fingerprint density at radius 1 is 1.50 bits per heavy atom. The van der Waals surface area contributed by atoms with Gasteiger partial charge in [-0.05, 0) is 37.1 Å². The molecule has 88 valence electrons. The first kappa shape index (κ1) is 12.5. The zero-order valence-corrected chi connectivity index (χ0v) is 9.50. The fourth-order valence-corrected chi connectivity index (χ4v) is 1.60. The molecule has 0 saturated carbocycles. The number of anilines is 1. The molecule has 1 unspecified atom stereocenters. The van der Waals surface area contributed by atoms with E-state index in [1.807, 2.05) is 6.92 Å². The Labute approximate surface area is 94.4 Å². The lowest BCUT2D eigenvalue weighted by Gasteiger charge is -2.15. The predicted octanol–water partition coefficient (Wildman–Crippen LogP) is 2.46. The third-order valence-electron chi connectivity index (χ3n) is 2.40. The molecule has 1 atom stereocenters. The van der Waals surface area contributed by atoms with Crippen LogP contribution >= 0.6 is 0 Å². The van der Waals surface area contributed by atoms with Crippen LogP contribution in [0.3, 0.4) is 0 Å². The minimum absolute atomic E-state index is 0.310. The van der Waals surface area contributed by atoms with Crippen LogP contribution < -0.4 is 5.73 Å². The summed E-state index contributed by atoms with van der Waals surface area (Å²) in [5.41, 5.74) is 6.64. The van der Waals surface area contributed by atoms with Crippen LogP contribution in [0.4, 0.5) is 10.1 Å². The van der Waals surface area contributed by atoms with Crippen LogP contribution in [-0.4, -0.2) is 12.6 Å². The maximum atomic E-state index is 13.1. The van der Waals surface area contributed by atoms with Gasteiger partial charge in [0.2, 0.25) is 0 Å². The second-order valence-corrected chi connectivity index (χ2v) is 3.49. The Hall–Kier alpha value is -1.58. The van der Waals surface area contributed by atoms with Gasteiger partial charge in [0.25, 0.3) is 0 Å². The van der Waals surface area contributed by atoms with E-state index in [0.29, 0.717) is 24.3 Å². The number of halogens is 1. The molecule has 1 rings (SSSR count). The second kappa shape index (κ2) is 5.49. The molecule has 1 aromatic rings. The zero-order valence-electron chi connectivity index (χ0n) is 9.50. The molecule has 0 spiro atoms. The molecule has 0 amide bonds. The number of ether oxygens (including phenoxy) is 1. The van der Waals surface area contributed by atoms with Gasteiger partial charge in [-0.3, -0.25) is 4.79 Å². The Morgan fingerprint density at radius 2 is 2.19 bits per heavy atom. The van der Waals surface area contributed by atoms with Gasteiger partial charge in [-0.1, -0.05) is 6.92 Å². The first-order chi connectivity index (χ1) is 7.60. The molecule has 3 nitrogen and oxygen atoms in total. The van der Waals surface area contributed by atoms with Crippen molar-refractivity contribution in [3.05, 3.63) is 29.6 Å². The number of nitrogen functional groups attached to an aromatic ring is 1. The average Bonchev–Trinajstić information content (AvgIpc) is 2.24. The average molecular weight is 225 g/mol. The highest BCUT2D eigenvalue weighted by atomic mass is 19.1. The van der Waals surface area contributed by atoms with E-state index in [-0.39, 0.29) is 5.97 Å². The Bertz CT molecular complexity index is 379. The number of hydrogen-bond donors (Lipinski definition) is 1. The summed E-state index contributed by atoms with van der Waals surface area (Å²) < 4.78 is 18.0. The molecule has 4 heteroatoms. The van der Waals surface area contributed by atoms with E-state index in [9.17, 15) is 9.18 Å². The molecule has 0 aliphatic carbocycles. The van der Waals surface area contributed by atoms with Crippen molar-refractivity contribution in [1.82, 2.24) is 0 Å². The number of rotatable bonds is 4. The molecule has 0 fully saturated rings. The predicted molar refractivity (Wildman–Crippen MR) is 60.5 cm³/mol. The first-order valence-electron chi connectivity index (χ1n) is 5.31. The lowest BCUT2D eigenvalue weighted by Crippen LogP contribution is -2.16. The molecule has 1 aromatic carbocycles. The quantitative estimate of drug-likeness (QED) is 0.632. The fourth-order valence-electron chi connectivity index (χ4n) is 1.60. The van der Waals surface area contributed by atoms with E-state index in [1.54, 1.807) is 6.92 Å². The molecular formula is C12H16FNO2. The molecule has 0 aromatic heterocycles. The third kappa shape index (κ3) is 2.72. The molecule has 0 aliphatic rings. The Kier molecular flexibility index (Phi) is 4.28. The SMILES string of the molecule is CCOC(=O)C(CC)c1cc(F)ccc1N. The van der Waals surface area contributed by atoms with Crippen LogP contribution in [0, 0.1) is 5.82 Å². The highest BCUT2D eigenvalue weighted by Gasteiger charge is 2.22. The summed E-state index contributed by atoms with van der Waals surface area (Å²) in [6, 6.07) is 4.03. The Balaban J connectivity index is 3.03. The van der Waals surface area contributed by atoms with E-state index in [1.165, 1.54) is 18.2 Å². The minimum Gasteiger partial charge on any atom is -0.466 e. The van der Waals surface area contributed by atoms with Gasteiger partial charge in [-0.25, -0.2) is 4.39 Å². The maximum Gasteiger partial charge on any atom is 0.313 e. The lowest BCUT2D eigenvalue weighted by molar-refractivity contribution is -0.145. The van der Waals surface area contributed by atoms with Crippen molar-refractivity contribution in [3.63, 3.8) is 0 Å². The van der Waals surface area contributed by atoms with Gasteiger partial charge < -0.3 is 10.5 Å². The van der Waals surface area contributed by atoms with Crippen molar-refractivity contribution in [1.29, 1.82) is 0 Å². The molecule has 0 aliphatic heterocycles. The largest absolute Gasteiger partial charge is 0.466 e. The molecule has 2 N–H and O–H groups in total. The number of hydrogen-bond acceptors (Lipinski definition) is 3. The van der Waals surface area contributed by atoms with Crippen molar-refractivity contribution in [3.8, 4) is 0 Å². The summed E-state index contributed by atoms with van der Waals surface area (Å²) in [6.07, 6.45) is 0.534. The van der Waals surface area contributed by atoms with Crippen LogP contribution in [0.25, 0.3) is 0 Å². The highest BCUT2D eigenvalue weighted by molar-refractivity contribution is 5.80. The van der Waals surface area contributed by atoms with Gasteiger partial charge in [0.05, 0.1) is 12.5 Å². The summed E-state index contributed by atoms with van der Waals surface area (Å²) in [5, 5.41) is 0. The van der Waals surface area contributed by atoms with Gasteiger partial charge >= 0.3 is 5.97 Å². The van der Waals surface area contributed by atoms with Crippen molar-refractivity contribution < 1.29 is 13.9 Å². The molecule has 0 radical (unpaired) electrons. The standard InChI is InChI=1S/C12H16FNO2/c1-3-9(12(15)16-4-2)10-7-8(13)5-6-11(10)14/h5-7,9H,3-4,14H2,1-2H3. The normalized spacial score (nSPS) is 12.2. The first-order valence-corrected chi connectivity index (χ1v) is 5.31. The van der Waals surface area contributed by atoms with Crippen molar-refractivity contribution in [2.24, 2.45) is 0 Å². The summed E-state index contributed by atoms with van der Waals surface area (Å²) in [7, 11) is 0. The smallest absolute Gasteiger partial charge is 0.313 e. The molecule has 0 saturated heterocycles. The molecule has 0 heterocycles. The number of esters is 1. The van der Waals surface area contributed by atoms with Crippen LogP contribution in [0.15, 0.2) is 18.2 Å². The topological polar surface area (TPSA) is 52.3 Å². The van der Waals surface area contributed by atoms with Gasteiger partial charge in [0.1, 0.15) is 5.82 Å². The van der Waals surface area contributed by atoms with Crippen LogP contribution in [0.5, 0.6) is 0 Å². The lowest BCUT2D eigenvalue weighted by atomic mass is 9.95. The van der Waals surface area contributed by atoms with Crippen molar-refractivity contribution in [2.75, 3.05) is 12.3 Å². The summed E-state index contributed by atoms with van der Waals surface area (Å²) in [4.78, 5) is 11.6. The maximum absolute atomic E-state index is 13.1. The van der Waals surface area contributed by atoms with Crippen molar-refractivity contribution in [2.45, 2.75) is 26.2 Å². The van der Waals surface area contributed by atoms with E-state index in [2.05, 4.69) is 0 Å². The highest BCUT2D eigenvalue weighted by Crippen LogP contribution is 2.27. The van der Waals surface area contributed by atoms with Crippen LogP contribution in [-0.2, 0) is 9.53 Å². The molecular weight excluding hydrogens is 209 g/mol. The van der Waals surface area contributed by atoms with Gasteiger partial charge in [0.15, 0.2) is 0 Å². The number of benzene rings is 1. The molecule has 0 bridgehead atoms. The zero-order chi connectivity index (χ0) is 12.1. The third-order valence-corrected chi connectivity index (χ3v) is 2.40. The van der Waals surface area contributed by atoms with E-state index in [4.69, 9.17) is 10.5 Å². The summed E-state index contributed by atoms with van der Waals surface area (Å²) in [5.74, 6) is -1.25. The minimum atomic E-state index is -0.490. The van der Waals surface area contributed by atoms with Crippen LogP contribution in [0.2, 0.25) is 0 Å². The molecule has 16 heavy (non-hydrogen) atoms. The number of nitrogens with two attached hydrogens (primary N) is 1. The van der Waals surface area contributed by atoms with Gasteiger partial charge in [0, 0.05) is 5.69 Å². The summed E-state index contributed by atoms with van der Waals surface area (Å²) in [6.45, 7) is 3.88. The van der Waals surface area contributed by atoms with Gasteiger partial charge in [-0.2, -0.15) is 0 Å². The van der Waals surface area contributed by atoms with E-state index >= 15 is 0 Å². The monoisotopic (exact) mass is 225 g/mol. The number of carbonyl (C=O) groups is 1. The van der Waals surface area contributed by atoms with Crippen molar-refractivity contribution >= 4 is 11.7 Å². The Morgan fingerprint density at radius 3 is 2.75 bits per heavy atom. The van der Waals surface area contributed by atoms with Gasteiger partial charge in [-0.15, -0.1) is 0 Å². The fraction of sp³-hybridized carbons (Fsp3) is 0.417. The number of carbonyl (C=O) groups excluding carboxylic acids is 1. The van der Waals surface area contributed by atoms with E-state index in [0.717, 1.165) is 0 Å².